The number of amides is 1. The summed E-state index contributed by atoms with van der Waals surface area (Å²) in [6.07, 6.45) is -10.6. The Morgan fingerprint density at radius 3 is 2.22 bits per heavy atom. The van der Waals surface area contributed by atoms with E-state index in [-0.39, 0.29) is 35.6 Å². The molecule has 2 saturated heterocycles. The molecule has 3 atom stereocenters. The van der Waals surface area contributed by atoms with Crippen molar-refractivity contribution in [3.8, 4) is 16.9 Å². The van der Waals surface area contributed by atoms with E-state index in [1.807, 2.05) is 0 Å². The monoisotopic (exact) mass is 581 g/mol. The van der Waals surface area contributed by atoms with Gasteiger partial charge in [0.2, 0.25) is 0 Å². The van der Waals surface area contributed by atoms with Crippen LogP contribution in [0.5, 0.6) is 5.75 Å². The lowest BCUT2D eigenvalue weighted by atomic mass is 9.89. The van der Waals surface area contributed by atoms with Crippen molar-refractivity contribution in [2.24, 2.45) is 0 Å². The highest BCUT2D eigenvalue weighted by molar-refractivity contribution is 5.78. The van der Waals surface area contributed by atoms with Gasteiger partial charge in [0.05, 0.1) is 30.3 Å². The number of nitrogens with zero attached hydrogens (tertiary/aromatic N) is 1. The van der Waals surface area contributed by atoms with Gasteiger partial charge in [0, 0.05) is 11.6 Å². The van der Waals surface area contributed by atoms with Crippen LogP contribution in [0.3, 0.4) is 0 Å². The molecule has 2 heterocycles. The Morgan fingerprint density at radius 2 is 1.59 bits per heavy atom. The molecule has 41 heavy (non-hydrogen) atoms. The average molecular weight is 582 g/mol. The molecule has 1 amide bonds. The maximum absolute atomic E-state index is 14.8. The molecule has 2 fully saturated rings. The molecule has 0 saturated carbocycles. The van der Waals surface area contributed by atoms with E-state index in [4.69, 9.17) is 9.47 Å². The first-order valence-electron chi connectivity index (χ1n) is 13.0. The van der Waals surface area contributed by atoms with Gasteiger partial charge in [-0.25, -0.2) is 9.18 Å². The fourth-order valence-electron chi connectivity index (χ4n) is 5.79. The fourth-order valence-corrected chi connectivity index (χ4v) is 5.79. The lowest BCUT2D eigenvalue weighted by Crippen LogP contribution is -2.31. The maximum Gasteiger partial charge on any atom is 0.416 e. The Labute approximate surface area is 231 Å². The molecule has 0 N–H and O–H groups in total. The fraction of sp³-hybridized carbons (Fsp3) is 0.367. The number of ether oxygens (including phenoxy) is 2. The number of carbonyl (C=O) groups is 1. The van der Waals surface area contributed by atoms with Crippen LogP contribution in [0, 0.1) is 5.82 Å². The molecule has 2 aliphatic rings. The Balaban J connectivity index is 1.62. The molecule has 0 radical (unpaired) electrons. The lowest BCUT2D eigenvalue weighted by Gasteiger charge is -2.26. The molecule has 1 unspecified atom stereocenters. The Kier molecular flexibility index (Phi) is 7.19. The third-order valence-electron chi connectivity index (χ3n) is 7.73. The summed E-state index contributed by atoms with van der Waals surface area (Å²) in [5, 5.41) is 0. The maximum atomic E-state index is 14.8. The van der Waals surface area contributed by atoms with E-state index >= 15 is 0 Å². The van der Waals surface area contributed by atoms with Gasteiger partial charge >= 0.3 is 18.4 Å². The summed E-state index contributed by atoms with van der Waals surface area (Å²) in [5.41, 5.74) is -0.531. The van der Waals surface area contributed by atoms with Crippen LogP contribution in [0.15, 0.2) is 54.6 Å². The number of alkyl halides is 6. The van der Waals surface area contributed by atoms with Gasteiger partial charge in [-0.1, -0.05) is 32.0 Å². The zero-order valence-electron chi connectivity index (χ0n) is 22.2. The largest absolute Gasteiger partial charge is 0.496 e. The lowest BCUT2D eigenvalue weighted by molar-refractivity contribution is -0.138. The zero-order valence-corrected chi connectivity index (χ0v) is 22.2. The van der Waals surface area contributed by atoms with Crippen molar-refractivity contribution in [2.75, 3.05) is 7.11 Å². The summed E-state index contributed by atoms with van der Waals surface area (Å²) in [6.45, 7) is 3.55. The summed E-state index contributed by atoms with van der Waals surface area (Å²) < 4.78 is 107. The quantitative estimate of drug-likeness (QED) is 0.282. The Bertz CT molecular complexity index is 1480. The van der Waals surface area contributed by atoms with E-state index in [1.165, 1.54) is 42.3 Å². The highest BCUT2D eigenvalue weighted by Gasteiger charge is 2.51. The number of carbonyl (C=O) groups excluding carboxylic acids is 1. The summed E-state index contributed by atoms with van der Waals surface area (Å²) in [5.74, 6) is -0.662. The zero-order chi connectivity index (χ0) is 29.9. The van der Waals surface area contributed by atoms with Crippen molar-refractivity contribution in [1.29, 1.82) is 0 Å². The molecule has 0 aromatic heterocycles. The summed E-state index contributed by atoms with van der Waals surface area (Å²) in [4.78, 5) is 14.4. The van der Waals surface area contributed by atoms with E-state index in [0.29, 0.717) is 16.7 Å². The van der Waals surface area contributed by atoms with Crippen LogP contribution in [0.4, 0.5) is 35.5 Å². The third-order valence-corrected chi connectivity index (χ3v) is 7.73. The molecule has 3 aromatic carbocycles. The predicted octanol–water partition coefficient (Wildman–Crippen LogP) is 9.06. The van der Waals surface area contributed by atoms with Gasteiger partial charge in [-0.3, -0.25) is 4.90 Å². The third kappa shape index (κ3) is 5.22. The van der Waals surface area contributed by atoms with Crippen LogP contribution in [0.25, 0.3) is 11.1 Å². The Morgan fingerprint density at radius 1 is 0.902 bits per heavy atom. The number of rotatable bonds is 5. The number of benzene rings is 3. The molecular weight excluding hydrogens is 555 g/mol. The molecule has 2 aliphatic heterocycles. The van der Waals surface area contributed by atoms with Crippen LogP contribution in [-0.2, 0) is 17.1 Å². The highest BCUT2D eigenvalue weighted by Crippen LogP contribution is 2.51. The molecule has 0 bridgehead atoms. The van der Waals surface area contributed by atoms with Crippen molar-refractivity contribution in [1.82, 2.24) is 4.90 Å². The van der Waals surface area contributed by atoms with E-state index < -0.39 is 53.6 Å². The molecule has 3 aromatic rings. The second kappa shape index (κ2) is 10.3. The number of cyclic esters (lactones) is 1. The van der Waals surface area contributed by atoms with Crippen molar-refractivity contribution >= 4 is 6.09 Å². The predicted molar refractivity (Wildman–Crippen MR) is 136 cm³/mol. The van der Waals surface area contributed by atoms with Gasteiger partial charge in [0.25, 0.3) is 0 Å². The average Bonchev–Trinajstić information content (AvgIpc) is 3.48. The number of fused-ring (bicyclic) bond motifs is 1. The van der Waals surface area contributed by atoms with Gasteiger partial charge in [-0.2, -0.15) is 26.3 Å². The second-order valence-corrected chi connectivity index (χ2v) is 10.5. The normalized spacial score (nSPS) is 20.9. The van der Waals surface area contributed by atoms with Gasteiger partial charge in [-0.05, 0) is 71.3 Å². The van der Waals surface area contributed by atoms with Crippen molar-refractivity contribution < 1.29 is 45.0 Å². The highest BCUT2D eigenvalue weighted by atomic mass is 19.4. The minimum atomic E-state index is -4.69. The molecule has 0 spiro atoms. The topological polar surface area (TPSA) is 38.8 Å². The van der Waals surface area contributed by atoms with Crippen molar-refractivity contribution in [3.05, 3.63) is 88.2 Å². The number of halogens is 7. The first-order chi connectivity index (χ1) is 19.2. The number of hydrogen-bond donors (Lipinski definition) is 0. The molecule has 11 heteroatoms. The second-order valence-electron chi connectivity index (χ2n) is 10.5. The van der Waals surface area contributed by atoms with E-state index in [0.717, 1.165) is 24.3 Å². The van der Waals surface area contributed by atoms with Crippen molar-refractivity contribution in [2.45, 2.75) is 63.1 Å². The van der Waals surface area contributed by atoms with E-state index in [9.17, 15) is 35.5 Å². The van der Waals surface area contributed by atoms with E-state index in [1.54, 1.807) is 13.8 Å². The first-order valence-corrected chi connectivity index (χ1v) is 13.0. The van der Waals surface area contributed by atoms with Crippen LogP contribution in [-0.4, -0.2) is 24.1 Å². The van der Waals surface area contributed by atoms with Crippen LogP contribution < -0.4 is 4.74 Å². The van der Waals surface area contributed by atoms with Gasteiger partial charge in [-0.15, -0.1) is 0 Å². The molecule has 218 valence electrons. The molecule has 0 aliphatic carbocycles. The SMILES string of the molecule is COc1cc(F)c(C(C)C)cc1-c1ccc(C(F)(F)F)cc1C1CC[C@H]2[C@@H](c3cccc(C(F)(F)F)c3)OC(=O)N12. The number of hydrogen-bond acceptors (Lipinski definition) is 3. The molecule has 4 nitrogen and oxygen atoms in total. The minimum absolute atomic E-state index is 0.105. The van der Waals surface area contributed by atoms with Crippen LogP contribution >= 0.6 is 0 Å². The summed E-state index contributed by atoms with van der Waals surface area (Å²) >= 11 is 0. The molecule has 5 rings (SSSR count). The Hall–Kier alpha value is -3.76. The number of methoxy groups -OCH3 is 1. The standard InChI is InChI=1S/C30H26F7NO3/c1-15(2)20-13-22(26(40-3)14-23(20)31)19-8-7-18(30(35,36)37)12-21(19)24-9-10-25-27(41-28(39)38(24)25)16-5-4-6-17(11-16)29(32,33)34/h4-8,11-15,24-25,27H,9-10H2,1-3H3/t24?,25-,27+/m0/s1. The van der Waals surface area contributed by atoms with Crippen molar-refractivity contribution in [3.63, 3.8) is 0 Å². The summed E-state index contributed by atoms with van der Waals surface area (Å²) in [6, 6.07) is 8.77. The van der Waals surface area contributed by atoms with Crippen LogP contribution in [0.2, 0.25) is 0 Å². The van der Waals surface area contributed by atoms with Gasteiger partial charge < -0.3 is 9.47 Å². The van der Waals surface area contributed by atoms with Gasteiger partial charge in [0.1, 0.15) is 17.7 Å². The minimum Gasteiger partial charge on any atom is -0.496 e. The van der Waals surface area contributed by atoms with Gasteiger partial charge in [0.15, 0.2) is 0 Å². The van der Waals surface area contributed by atoms with Crippen LogP contribution in [0.1, 0.15) is 72.6 Å². The summed E-state index contributed by atoms with van der Waals surface area (Å²) in [7, 11) is 1.32. The molecular formula is C30H26F7NO3. The van der Waals surface area contributed by atoms with E-state index in [2.05, 4.69) is 0 Å². The first kappa shape index (κ1) is 28.8. The smallest absolute Gasteiger partial charge is 0.416 e.